The molecule has 0 saturated heterocycles. The molecule has 1 aromatic carbocycles. The first-order valence-corrected chi connectivity index (χ1v) is 7.26. The second kappa shape index (κ2) is 5.68. The molecule has 0 saturated carbocycles. The van der Waals surface area contributed by atoms with Crippen molar-refractivity contribution >= 4 is 11.3 Å². The second-order valence-electron chi connectivity index (χ2n) is 5.67. The fourth-order valence-electron chi connectivity index (χ4n) is 2.19. The molecule has 1 atom stereocenters. The fourth-order valence-corrected chi connectivity index (χ4v) is 2.84. The minimum absolute atomic E-state index is 0.207. The van der Waals surface area contributed by atoms with Crippen molar-refractivity contribution in [2.24, 2.45) is 5.41 Å². The molecule has 96 valence electrons. The van der Waals surface area contributed by atoms with E-state index in [1.165, 1.54) is 10.4 Å². The summed E-state index contributed by atoms with van der Waals surface area (Å²) in [7, 11) is 0. The molecule has 2 heteroatoms. The van der Waals surface area contributed by atoms with Gasteiger partial charge in [0, 0.05) is 17.5 Å². The van der Waals surface area contributed by atoms with E-state index in [4.69, 9.17) is 0 Å². The summed E-state index contributed by atoms with van der Waals surface area (Å²) in [5, 5.41) is 5.82. The standard InChI is InChI=1S/C16H21NS/c1-16(2,3)15(13-8-5-4-6-9-13)17-12-14-10-7-11-18-14/h4-11,15,17H,12H2,1-3H3. The van der Waals surface area contributed by atoms with Crippen LogP contribution in [0.2, 0.25) is 0 Å². The van der Waals surface area contributed by atoms with Crippen LogP contribution in [0.4, 0.5) is 0 Å². The number of thiophene rings is 1. The van der Waals surface area contributed by atoms with Gasteiger partial charge in [-0.3, -0.25) is 0 Å². The molecule has 0 aliphatic rings. The van der Waals surface area contributed by atoms with Crippen molar-refractivity contribution < 1.29 is 0 Å². The summed E-state index contributed by atoms with van der Waals surface area (Å²) in [6.45, 7) is 7.79. The van der Waals surface area contributed by atoms with E-state index in [2.05, 4.69) is 73.9 Å². The maximum atomic E-state index is 3.69. The highest BCUT2D eigenvalue weighted by Crippen LogP contribution is 2.33. The Labute approximate surface area is 114 Å². The topological polar surface area (TPSA) is 12.0 Å². The first-order valence-electron chi connectivity index (χ1n) is 6.38. The molecule has 1 N–H and O–H groups in total. The average Bonchev–Trinajstić information content (AvgIpc) is 2.82. The highest BCUT2D eigenvalue weighted by molar-refractivity contribution is 7.09. The van der Waals surface area contributed by atoms with Crippen LogP contribution in [0.25, 0.3) is 0 Å². The quantitative estimate of drug-likeness (QED) is 0.844. The zero-order valence-electron chi connectivity index (χ0n) is 11.3. The number of hydrogen-bond donors (Lipinski definition) is 1. The molecule has 1 aromatic heterocycles. The van der Waals surface area contributed by atoms with Crippen LogP contribution in [-0.4, -0.2) is 0 Å². The molecule has 0 spiro atoms. The van der Waals surface area contributed by atoms with Gasteiger partial charge in [-0.2, -0.15) is 0 Å². The first-order chi connectivity index (χ1) is 8.57. The maximum absolute atomic E-state index is 3.69. The van der Waals surface area contributed by atoms with E-state index in [1.54, 1.807) is 0 Å². The Bertz CT molecular complexity index is 454. The van der Waals surface area contributed by atoms with Gasteiger partial charge in [-0.05, 0) is 22.4 Å². The molecule has 18 heavy (non-hydrogen) atoms. The summed E-state index contributed by atoms with van der Waals surface area (Å²) >= 11 is 1.81. The minimum Gasteiger partial charge on any atom is -0.305 e. The lowest BCUT2D eigenvalue weighted by Crippen LogP contribution is -2.31. The van der Waals surface area contributed by atoms with E-state index in [0.29, 0.717) is 6.04 Å². The van der Waals surface area contributed by atoms with Crippen molar-refractivity contribution in [3.05, 3.63) is 58.3 Å². The highest BCUT2D eigenvalue weighted by atomic mass is 32.1. The van der Waals surface area contributed by atoms with E-state index < -0.39 is 0 Å². The molecule has 2 aromatic rings. The van der Waals surface area contributed by atoms with Crippen molar-refractivity contribution in [1.29, 1.82) is 0 Å². The van der Waals surface area contributed by atoms with Crippen LogP contribution in [0.3, 0.4) is 0 Å². The minimum atomic E-state index is 0.207. The number of benzene rings is 1. The molecule has 0 radical (unpaired) electrons. The summed E-state index contributed by atoms with van der Waals surface area (Å²) in [5.41, 5.74) is 1.57. The van der Waals surface area contributed by atoms with Gasteiger partial charge in [-0.15, -0.1) is 11.3 Å². The molecule has 0 aliphatic carbocycles. The first kappa shape index (κ1) is 13.3. The van der Waals surface area contributed by atoms with Crippen LogP contribution >= 0.6 is 11.3 Å². The molecule has 0 fully saturated rings. The summed E-state index contributed by atoms with van der Waals surface area (Å²) in [4.78, 5) is 1.39. The molecule has 0 aliphatic heterocycles. The molecular weight excluding hydrogens is 238 g/mol. The van der Waals surface area contributed by atoms with Crippen molar-refractivity contribution in [2.75, 3.05) is 0 Å². The maximum Gasteiger partial charge on any atom is 0.0372 e. The lowest BCUT2D eigenvalue weighted by molar-refractivity contribution is 0.271. The van der Waals surface area contributed by atoms with Crippen molar-refractivity contribution in [3.63, 3.8) is 0 Å². The Hall–Kier alpha value is -1.12. The third-order valence-corrected chi connectivity index (χ3v) is 3.94. The predicted octanol–water partition coefficient (Wildman–Crippen LogP) is 4.63. The van der Waals surface area contributed by atoms with Gasteiger partial charge in [-0.25, -0.2) is 0 Å². The molecule has 1 nitrogen and oxygen atoms in total. The van der Waals surface area contributed by atoms with Crippen LogP contribution in [0.5, 0.6) is 0 Å². The second-order valence-corrected chi connectivity index (χ2v) is 6.70. The van der Waals surface area contributed by atoms with Crippen LogP contribution in [0, 0.1) is 5.41 Å². The van der Waals surface area contributed by atoms with E-state index >= 15 is 0 Å². The zero-order chi connectivity index (χ0) is 13.0. The summed E-state index contributed by atoms with van der Waals surface area (Å²) in [6, 6.07) is 15.4. The summed E-state index contributed by atoms with van der Waals surface area (Å²) in [6.07, 6.45) is 0. The van der Waals surface area contributed by atoms with Gasteiger partial charge in [0.05, 0.1) is 0 Å². The fraction of sp³-hybridized carbons (Fsp3) is 0.375. The van der Waals surface area contributed by atoms with Gasteiger partial charge >= 0.3 is 0 Å². The third kappa shape index (κ3) is 3.44. The van der Waals surface area contributed by atoms with Crippen molar-refractivity contribution in [2.45, 2.75) is 33.4 Å². The Morgan fingerprint density at radius 1 is 1.06 bits per heavy atom. The Balaban J connectivity index is 2.12. The van der Waals surface area contributed by atoms with Gasteiger partial charge in [0.1, 0.15) is 0 Å². The lowest BCUT2D eigenvalue weighted by atomic mass is 9.82. The van der Waals surface area contributed by atoms with Gasteiger partial charge in [-0.1, -0.05) is 57.2 Å². The smallest absolute Gasteiger partial charge is 0.0372 e. The molecule has 0 bridgehead atoms. The van der Waals surface area contributed by atoms with Crippen LogP contribution < -0.4 is 5.32 Å². The number of rotatable bonds is 4. The Morgan fingerprint density at radius 3 is 2.33 bits per heavy atom. The SMILES string of the molecule is CC(C)(C)C(NCc1cccs1)c1ccccc1. The largest absolute Gasteiger partial charge is 0.305 e. The third-order valence-electron chi connectivity index (χ3n) is 3.06. The van der Waals surface area contributed by atoms with Gasteiger partial charge < -0.3 is 5.32 Å². The average molecular weight is 259 g/mol. The Kier molecular flexibility index (Phi) is 4.20. The number of nitrogens with one attached hydrogen (secondary N) is 1. The van der Waals surface area contributed by atoms with Crippen LogP contribution in [-0.2, 0) is 6.54 Å². The molecule has 0 amide bonds. The molecule has 2 rings (SSSR count). The lowest BCUT2D eigenvalue weighted by Gasteiger charge is -2.32. The number of hydrogen-bond acceptors (Lipinski definition) is 2. The van der Waals surface area contributed by atoms with E-state index in [1.807, 2.05) is 11.3 Å². The summed E-state index contributed by atoms with van der Waals surface area (Å²) in [5.74, 6) is 0. The van der Waals surface area contributed by atoms with E-state index in [0.717, 1.165) is 6.54 Å². The predicted molar refractivity (Wildman–Crippen MR) is 79.8 cm³/mol. The monoisotopic (exact) mass is 259 g/mol. The highest BCUT2D eigenvalue weighted by Gasteiger charge is 2.25. The molecule has 1 heterocycles. The molecular formula is C16H21NS. The van der Waals surface area contributed by atoms with Gasteiger partial charge in [0.15, 0.2) is 0 Å². The van der Waals surface area contributed by atoms with Crippen molar-refractivity contribution in [3.8, 4) is 0 Å². The molecule has 1 unspecified atom stereocenters. The summed E-state index contributed by atoms with van der Waals surface area (Å²) < 4.78 is 0. The van der Waals surface area contributed by atoms with Gasteiger partial charge in [0.25, 0.3) is 0 Å². The van der Waals surface area contributed by atoms with Crippen LogP contribution in [0.1, 0.15) is 37.3 Å². The van der Waals surface area contributed by atoms with Crippen LogP contribution in [0.15, 0.2) is 47.8 Å². The normalized spacial score (nSPS) is 13.5. The zero-order valence-corrected chi connectivity index (χ0v) is 12.1. The van der Waals surface area contributed by atoms with Crippen molar-refractivity contribution in [1.82, 2.24) is 5.32 Å². The van der Waals surface area contributed by atoms with E-state index in [-0.39, 0.29) is 5.41 Å². The van der Waals surface area contributed by atoms with E-state index in [9.17, 15) is 0 Å². The Morgan fingerprint density at radius 2 is 1.78 bits per heavy atom. The van der Waals surface area contributed by atoms with Gasteiger partial charge in [0.2, 0.25) is 0 Å².